The minimum atomic E-state index is -0.303. The van der Waals surface area contributed by atoms with Crippen LogP contribution in [0.1, 0.15) is 0 Å². The molecular weight excluding hydrogens is 227 g/mol. The van der Waals surface area contributed by atoms with Gasteiger partial charge in [-0.05, 0) is 17.7 Å². The van der Waals surface area contributed by atoms with Crippen molar-refractivity contribution in [1.82, 2.24) is 0 Å². The Hall–Kier alpha value is -0.930. The fraction of sp³-hybridized carbons (Fsp3) is 0. The highest BCUT2D eigenvalue weighted by molar-refractivity contribution is 7.80. The molecule has 2 aromatic rings. The normalized spacial score (nSPS) is 10.3. The van der Waals surface area contributed by atoms with Crippen LogP contribution in [0.3, 0.4) is 0 Å². The Bertz CT molecular complexity index is 495. The van der Waals surface area contributed by atoms with Crippen LogP contribution in [0.2, 0.25) is 0 Å². The average molecular weight is 236 g/mol. The van der Waals surface area contributed by atoms with Crippen LogP contribution < -0.4 is 0 Å². The SMILES string of the molecule is Fc1c(S)cccc1-c1ccccc1S. The van der Waals surface area contributed by atoms with E-state index in [2.05, 4.69) is 25.3 Å². The van der Waals surface area contributed by atoms with Crippen LogP contribution in [0, 0.1) is 5.82 Å². The molecule has 0 aliphatic heterocycles. The zero-order valence-electron chi connectivity index (χ0n) is 7.81. The number of halogens is 1. The first-order valence-corrected chi connectivity index (χ1v) is 5.35. The average Bonchev–Trinajstić information content (AvgIpc) is 2.23. The van der Waals surface area contributed by atoms with Gasteiger partial charge in [0.1, 0.15) is 5.82 Å². The van der Waals surface area contributed by atoms with Gasteiger partial charge in [-0.15, -0.1) is 25.3 Å². The van der Waals surface area contributed by atoms with Crippen LogP contribution in [-0.2, 0) is 0 Å². The Morgan fingerprint density at radius 3 is 2.07 bits per heavy atom. The van der Waals surface area contributed by atoms with Crippen molar-refractivity contribution in [2.24, 2.45) is 0 Å². The van der Waals surface area contributed by atoms with Crippen molar-refractivity contribution in [1.29, 1.82) is 0 Å². The molecule has 2 aromatic carbocycles. The molecule has 0 aliphatic carbocycles. The first kappa shape index (κ1) is 10.6. The lowest BCUT2D eigenvalue weighted by atomic mass is 10.1. The summed E-state index contributed by atoms with van der Waals surface area (Å²) < 4.78 is 13.8. The summed E-state index contributed by atoms with van der Waals surface area (Å²) in [6.45, 7) is 0. The van der Waals surface area contributed by atoms with Crippen molar-refractivity contribution < 1.29 is 4.39 Å². The van der Waals surface area contributed by atoms with Crippen LogP contribution in [0.5, 0.6) is 0 Å². The van der Waals surface area contributed by atoms with E-state index in [4.69, 9.17) is 0 Å². The highest BCUT2D eigenvalue weighted by Gasteiger charge is 2.09. The van der Waals surface area contributed by atoms with E-state index in [0.717, 1.165) is 10.5 Å². The van der Waals surface area contributed by atoms with Crippen LogP contribution in [-0.4, -0.2) is 0 Å². The second kappa shape index (κ2) is 4.29. The second-order valence-corrected chi connectivity index (χ2v) is 4.12. The summed E-state index contributed by atoms with van der Waals surface area (Å²) in [6, 6.07) is 12.5. The molecule has 0 nitrogen and oxygen atoms in total. The first-order chi connectivity index (χ1) is 7.20. The smallest absolute Gasteiger partial charge is 0.144 e. The maximum absolute atomic E-state index is 13.8. The number of hydrogen-bond donors (Lipinski definition) is 2. The molecule has 0 saturated heterocycles. The summed E-state index contributed by atoms with van der Waals surface area (Å²) in [5.74, 6) is -0.303. The lowest BCUT2D eigenvalue weighted by molar-refractivity contribution is 0.606. The van der Waals surface area contributed by atoms with E-state index in [1.54, 1.807) is 18.2 Å². The third-order valence-electron chi connectivity index (χ3n) is 2.17. The van der Waals surface area contributed by atoms with Crippen molar-refractivity contribution in [2.45, 2.75) is 9.79 Å². The maximum Gasteiger partial charge on any atom is 0.144 e. The Kier molecular flexibility index (Phi) is 3.03. The lowest BCUT2D eigenvalue weighted by Crippen LogP contribution is -1.86. The Morgan fingerprint density at radius 1 is 0.733 bits per heavy atom. The fourth-order valence-corrected chi connectivity index (χ4v) is 1.92. The minimum Gasteiger partial charge on any atom is -0.205 e. The summed E-state index contributed by atoms with van der Waals surface area (Å²) in [4.78, 5) is 1.11. The molecule has 0 aliphatic rings. The molecule has 0 saturated carbocycles. The number of benzene rings is 2. The molecule has 0 atom stereocenters. The molecule has 0 aromatic heterocycles. The van der Waals surface area contributed by atoms with Crippen molar-refractivity contribution in [3.8, 4) is 11.1 Å². The molecule has 0 N–H and O–H groups in total. The van der Waals surface area contributed by atoms with E-state index in [1.165, 1.54) is 0 Å². The van der Waals surface area contributed by atoms with Crippen LogP contribution in [0.25, 0.3) is 11.1 Å². The van der Waals surface area contributed by atoms with E-state index < -0.39 is 0 Å². The molecule has 15 heavy (non-hydrogen) atoms. The van der Waals surface area contributed by atoms with Crippen molar-refractivity contribution in [3.05, 3.63) is 48.3 Å². The van der Waals surface area contributed by atoms with Gasteiger partial charge in [-0.25, -0.2) is 4.39 Å². The van der Waals surface area contributed by atoms with E-state index >= 15 is 0 Å². The van der Waals surface area contributed by atoms with Crippen molar-refractivity contribution in [3.63, 3.8) is 0 Å². The van der Waals surface area contributed by atoms with Gasteiger partial charge >= 0.3 is 0 Å². The van der Waals surface area contributed by atoms with Gasteiger partial charge in [0, 0.05) is 15.4 Å². The molecule has 76 valence electrons. The van der Waals surface area contributed by atoms with Crippen LogP contribution >= 0.6 is 25.3 Å². The van der Waals surface area contributed by atoms with Crippen molar-refractivity contribution >= 4 is 25.3 Å². The molecule has 2 rings (SSSR count). The predicted molar refractivity (Wildman–Crippen MR) is 66.3 cm³/mol. The Labute approximate surface area is 99.0 Å². The van der Waals surface area contributed by atoms with Gasteiger partial charge < -0.3 is 0 Å². The van der Waals surface area contributed by atoms with Gasteiger partial charge in [-0.1, -0.05) is 30.3 Å². The second-order valence-electron chi connectivity index (χ2n) is 3.16. The molecule has 3 heteroatoms. The first-order valence-electron chi connectivity index (χ1n) is 4.46. The van der Waals surface area contributed by atoms with E-state index in [0.29, 0.717) is 10.5 Å². The zero-order valence-corrected chi connectivity index (χ0v) is 9.60. The molecule has 0 unspecified atom stereocenters. The summed E-state index contributed by atoms with van der Waals surface area (Å²) in [7, 11) is 0. The van der Waals surface area contributed by atoms with Gasteiger partial charge in [0.2, 0.25) is 0 Å². The molecule has 0 radical (unpaired) electrons. The number of hydrogen-bond acceptors (Lipinski definition) is 2. The topological polar surface area (TPSA) is 0 Å². The standard InChI is InChI=1S/C12H9FS2/c13-12-9(5-3-7-11(12)15)8-4-1-2-6-10(8)14/h1-7,14-15H. The zero-order chi connectivity index (χ0) is 10.8. The highest BCUT2D eigenvalue weighted by atomic mass is 32.1. The molecule has 0 bridgehead atoms. The van der Waals surface area contributed by atoms with Crippen molar-refractivity contribution in [2.75, 3.05) is 0 Å². The summed E-state index contributed by atoms with van der Waals surface area (Å²) in [5.41, 5.74) is 1.32. The Balaban J connectivity index is 2.65. The number of thiol groups is 2. The van der Waals surface area contributed by atoms with Crippen LogP contribution in [0.4, 0.5) is 4.39 Å². The summed E-state index contributed by atoms with van der Waals surface area (Å²) >= 11 is 8.35. The Morgan fingerprint density at radius 2 is 1.33 bits per heavy atom. The predicted octanol–water partition coefficient (Wildman–Crippen LogP) is 4.07. The van der Waals surface area contributed by atoms with Crippen LogP contribution in [0.15, 0.2) is 52.3 Å². The van der Waals surface area contributed by atoms with Gasteiger partial charge in [0.25, 0.3) is 0 Å². The maximum atomic E-state index is 13.8. The molecule has 0 fully saturated rings. The molecular formula is C12H9FS2. The molecule has 0 spiro atoms. The third kappa shape index (κ3) is 2.03. The third-order valence-corrected chi connectivity index (χ3v) is 2.91. The fourth-order valence-electron chi connectivity index (χ4n) is 1.43. The van der Waals surface area contributed by atoms with Gasteiger partial charge in [0.05, 0.1) is 0 Å². The minimum absolute atomic E-state index is 0.303. The lowest BCUT2D eigenvalue weighted by Gasteiger charge is -2.07. The van der Waals surface area contributed by atoms with Gasteiger partial charge in [-0.2, -0.15) is 0 Å². The van der Waals surface area contributed by atoms with E-state index in [9.17, 15) is 4.39 Å². The largest absolute Gasteiger partial charge is 0.205 e. The monoisotopic (exact) mass is 236 g/mol. The highest BCUT2D eigenvalue weighted by Crippen LogP contribution is 2.30. The summed E-state index contributed by atoms with van der Waals surface area (Å²) in [6.07, 6.45) is 0. The van der Waals surface area contributed by atoms with Gasteiger partial charge in [-0.3, -0.25) is 0 Å². The van der Waals surface area contributed by atoms with E-state index in [-0.39, 0.29) is 5.82 Å². The molecule has 0 heterocycles. The van der Waals surface area contributed by atoms with E-state index in [1.807, 2.05) is 24.3 Å². The quantitative estimate of drug-likeness (QED) is 0.685. The summed E-state index contributed by atoms with van der Waals surface area (Å²) in [5, 5.41) is 0. The van der Waals surface area contributed by atoms with Gasteiger partial charge in [0.15, 0.2) is 0 Å². The number of rotatable bonds is 1. The molecule has 0 amide bonds.